The van der Waals surface area contributed by atoms with Crippen molar-refractivity contribution in [3.63, 3.8) is 0 Å². The number of aromatic nitrogens is 1. The van der Waals surface area contributed by atoms with Crippen molar-refractivity contribution in [3.8, 4) is 17.4 Å². The minimum Gasteiger partial charge on any atom is -0.497 e. The SMILES string of the molecule is COc1ccc(F)c(Oc2ccc(C=C[C@H](C)NC(C)=O)cn2)c1. The van der Waals surface area contributed by atoms with Gasteiger partial charge in [-0.15, -0.1) is 0 Å². The van der Waals surface area contributed by atoms with E-state index in [1.165, 1.54) is 32.2 Å². The van der Waals surface area contributed by atoms with Crippen LogP contribution in [0.15, 0.2) is 42.6 Å². The lowest BCUT2D eigenvalue weighted by atomic mass is 10.2. The summed E-state index contributed by atoms with van der Waals surface area (Å²) >= 11 is 0. The maximum atomic E-state index is 13.7. The molecule has 2 rings (SSSR count). The molecule has 24 heavy (non-hydrogen) atoms. The highest BCUT2D eigenvalue weighted by Crippen LogP contribution is 2.27. The molecule has 1 atom stereocenters. The van der Waals surface area contributed by atoms with Crippen molar-refractivity contribution in [2.24, 2.45) is 0 Å². The summed E-state index contributed by atoms with van der Waals surface area (Å²) in [7, 11) is 1.50. The number of nitrogens with zero attached hydrogens (tertiary/aromatic N) is 1. The van der Waals surface area contributed by atoms with Crippen molar-refractivity contribution in [1.29, 1.82) is 0 Å². The first-order valence-corrected chi connectivity index (χ1v) is 7.40. The predicted octanol–water partition coefficient (Wildman–Crippen LogP) is 3.56. The van der Waals surface area contributed by atoms with E-state index in [4.69, 9.17) is 9.47 Å². The molecule has 126 valence electrons. The van der Waals surface area contributed by atoms with E-state index < -0.39 is 5.82 Å². The van der Waals surface area contributed by atoms with Crippen molar-refractivity contribution in [3.05, 3.63) is 54.0 Å². The van der Waals surface area contributed by atoms with Gasteiger partial charge in [-0.05, 0) is 30.7 Å². The van der Waals surface area contributed by atoms with Crippen molar-refractivity contribution in [2.45, 2.75) is 19.9 Å². The quantitative estimate of drug-likeness (QED) is 0.880. The van der Waals surface area contributed by atoms with Crippen molar-refractivity contribution in [2.75, 3.05) is 7.11 Å². The number of carbonyl (C=O) groups excluding carboxylic acids is 1. The zero-order valence-corrected chi connectivity index (χ0v) is 13.7. The van der Waals surface area contributed by atoms with Gasteiger partial charge in [0.05, 0.1) is 7.11 Å². The minimum absolute atomic E-state index is 0.0458. The molecule has 0 bridgehead atoms. The monoisotopic (exact) mass is 330 g/mol. The number of hydrogen-bond donors (Lipinski definition) is 1. The molecule has 5 nitrogen and oxygen atoms in total. The van der Waals surface area contributed by atoms with Gasteiger partial charge in [-0.3, -0.25) is 4.79 Å². The number of carbonyl (C=O) groups is 1. The third-order valence-corrected chi connectivity index (χ3v) is 3.12. The number of pyridine rings is 1. The zero-order chi connectivity index (χ0) is 17.5. The lowest BCUT2D eigenvalue weighted by Gasteiger charge is -2.08. The van der Waals surface area contributed by atoms with Gasteiger partial charge in [0.1, 0.15) is 5.75 Å². The van der Waals surface area contributed by atoms with Crippen LogP contribution in [0, 0.1) is 5.82 Å². The molecule has 0 saturated carbocycles. The Kier molecular flexibility index (Phi) is 5.89. The Morgan fingerprint density at radius 2 is 2.12 bits per heavy atom. The first kappa shape index (κ1) is 17.5. The second-order valence-corrected chi connectivity index (χ2v) is 5.18. The van der Waals surface area contributed by atoms with E-state index in [0.29, 0.717) is 5.75 Å². The molecule has 1 aromatic heterocycles. The highest BCUT2D eigenvalue weighted by atomic mass is 19.1. The van der Waals surface area contributed by atoms with Crippen LogP contribution in [0.4, 0.5) is 4.39 Å². The van der Waals surface area contributed by atoms with Gasteiger partial charge < -0.3 is 14.8 Å². The summed E-state index contributed by atoms with van der Waals surface area (Å²) in [6.07, 6.45) is 5.29. The number of nitrogens with one attached hydrogen (secondary N) is 1. The normalized spacial score (nSPS) is 12.0. The lowest BCUT2D eigenvalue weighted by Crippen LogP contribution is -2.28. The van der Waals surface area contributed by atoms with Crippen LogP contribution in [-0.2, 0) is 4.79 Å². The number of ether oxygens (including phenoxy) is 2. The van der Waals surface area contributed by atoms with Crippen molar-refractivity contribution in [1.82, 2.24) is 10.3 Å². The van der Waals surface area contributed by atoms with Crippen LogP contribution in [-0.4, -0.2) is 24.0 Å². The molecule has 2 aromatic rings. The van der Waals surface area contributed by atoms with Gasteiger partial charge in [0.2, 0.25) is 11.8 Å². The topological polar surface area (TPSA) is 60.5 Å². The maximum absolute atomic E-state index is 13.7. The van der Waals surface area contributed by atoms with Gasteiger partial charge in [0.25, 0.3) is 0 Å². The third kappa shape index (κ3) is 5.08. The molecular formula is C18H19FN2O3. The highest BCUT2D eigenvalue weighted by Gasteiger charge is 2.07. The van der Waals surface area contributed by atoms with E-state index >= 15 is 0 Å². The summed E-state index contributed by atoms with van der Waals surface area (Å²) in [6.45, 7) is 3.34. The van der Waals surface area contributed by atoms with Gasteiger partial charge in [-0.25, -0.2) is 9.37 Å². The van der Waals surface area contributed by atoms with Crippen LogP contribution in [0.5, 0.6) is 17.4 Å². The van der Waals surface area contributed by atoms with Crippen LogP contribution in [0.25, 0.3) is 6.08 Å². The largest absolute Gasteiger partial charge is 0.497 e. The third-order valence-electron chi connectivity index (χ3n) is 3.12. The predicted molar refractivity (Wildman–Crippen MR) is 89.6 cm³/mol. The van der Waals surface area contributed by atoms with Gasteiger partial charge in [0, 0.05) is 31.3 Å². The number of hydrogen-bond acceptors (Lipinski definition) is 4. The highest BCUT2D eigenvalue weighted by molar-refractivity contribution is 5.73. The summed E-state index contributed by atoms with van der Waals surface area (Å²) in [5.74, 6) is 0.233. The van der Waals surface area contributed by atoms with E-state index in [-0.39, 0.29) is 23.6 Å². The second-order valence-electron chi connectivity index (χ2n) is 5.18. The summed E-state index contributed by atoms with van der Waals surface area (Å²) in [4.78, 5) is 15.1. The Bertz CT molecular complexity index is 730. The first-order chi connectivity index (χ1) is 11.5. The smallest absolute Gasteiger partial charge is 0.219 e. The van der Waals surface area contributed by atoms with E-state index in [1.54, 1.807) is 18.3 Å². The fourth-order valence-electron chi connectivity index (χ4n) is 1.98. The molecule has 0 saturated heterocycles. The summed E-state index contributed by atoms with van der Waals surface area (Å²) in [5, 5.41) is 2.75. The summed E-state index contributed by atoms with van der Waals surface area (Å²) in [5.41, 5.74) is 0.839. The molecular weight excluding hydrogens is 311 g/mol. The van der Waals surface area contributed by atoms with E-state index in [9.17, 15) is 9.18 Å². The number of rotatable bonds is 6. The average molecular weight is 330 g/mol. The molecule has 1 N–H and O–H groups in total. The Hall–Kier alpha value is -2.89. The van der Waals surface area contributed by atoms with Crippen LogP contribution >= 0.6 is 0 Å². The molecule has 6 heteroatoms. The number of methoxy groups -OCH3 is 1. The summed E-state index contributed by atoms with van der Waals surface area (Å²) in [6, 6.07) is 7.59. The lowest BCUT2D eigenvalue weighted by molar-refractivity contribution is -0.119. The number of benzene rings is 1. The zero-order valence-electron chi connectivity index (χ0n) is 13.7. The molecule has 1 aromatic carbocycles. The van der Waals surface area contributed by atoms with Gasteiger partial charge in [-0.1, -0.05) is 12.2 Å². The number of halogens is 1. The number of amides is 1. The minimum atomic E-state index is -0.495. The Morgan fingerprint density at radius 3 is 2.75 bits per heavy atom. The molecule has 0 aliphatic carbocycles. The van der Waals surface area contributed by atoms with Crippen LogP contribution < -0.4 is 14.8 Å². The Labute approximate surface area is 140 Å². The summed E-state index contributed by atoms with van der Waals surface area (Å²) < 4.78 is 24.2. The van der Waals surface area contributed by atoms with E-state index in [1.807, 2.05) is 19.1 Å². The molecule has 1 heterocycles. The van der Waals surface area contributed by atoms with Crippen LogP contribution in [0.1, 0.15) is 19.4 Å². The second kappa shape index (κ2) is 8.10. The van der Waals surface area contributed by atoms with Crippen molar-refractivity contribution < 1.29 is 18.7 Å². The average Bonchev–Trinajstić information content (AvgIpc) is 2.55. The molecule has 0 aliphatic rings. The maximum Gasteiger partial charge on any atom is 0.219 e. The molecule has 0 aliphatic heterocycles. The Balaban J connectivity index is 2.04. The van der Waals surface area contributed by atoms with Gasteiger partial charge >= 0.3 is 0 Å². The standard InChI is InChI=1S/C18H19FN2O3/c1-12(21-13(2)22)4-5-14-6-9-18(20-11-14)24-17-10-15(23-3)7-8-16(17)19/h4-12H,1-3H3,(H,21,22)/t12-/m0/s1. The van der Waals surface area contributed by atoms with Gasteiger partial charge in [-0.2, -0.15) is 0 Å². The fraction of sp³-hybridized carbons (Fsp3) is 0.222. The fourth-order valence-corrected chi connectivity index (χ4v) is 1.98. The van der Waals surface area contributed by atoms with E-state index in [2.05, 4.69) is 10.3 Å². The van der Waals surface area contributed by atoms with Crippen LogP contribution in [0.3, 0.4) is 0 Å². The first-order valence-electron chi connectivity index (χ1n) is 7.40. The molecule has 0 fully saturated rings. The Morgan fingerprint density at radius 1 is 1.33 bits per heavy atom. The molecule has 0 unspecified atom stereocenters. The molecule has 0 spiro atoms. The molecule has 0 radical (unpaired) electrons. The van der Waals surface area contributed by atoms with Crippen LogP contribution in [0.2, 0.25) is 0 Å². The molecule has 1 amide bonds. The van der Waals surface area contributed by atoms with Gasteiger partial charge in [0.15, 0.2) is 11.6 Å². The van der Waals surface area contributed by atoms with E-state index in [0.717, 1.165) is 5.56 Å². The van der Waals surface area contributed by atoms with Crippen molar-refractivity contribution >= 4 is 12.0 Å².